The fourth-order valence-corrected chi connectivity index (χ4v) is 7.56. The maximum Gasteiger partial charge on any atom is 0.227 e. The molecule has 0 unspecified atom stereocenters. The van der Waals surface area contributed by atoms with Gasteiger partial charge >= 0.3 is 0 Å². The fourth-order valence-electron chi connectivity index (χ4n) is 5.37. The molecule has 4 fully saturated rings. The van der Waals surface area contributed by atoms with Crippen LogP contribution in [-0.2, 0) is 14.8 Å². The van der Waals surface area contributed by atoms with E-state index >= 15 is 0 Å². The summed E-state index contributed by atoms with van der Waals surface area (Å²) in [5.74, 6) is 0.255. The lowest BCUT2D eigenvalue weighted by molar-refractivity contribution is -0.137. The van der Waals surface area contributed by atoms with Gasteiger partial charge in [0.25, 0.3) is 0 Å². The average Bonchev–Trinajstić information content (AvgIpc) is 3.31. The van der Waals surface area contributed by atoms with Crippen molar-refractivity contribution in [3.05, 3.63) is 0 Å². The van der Waals surface area contributed by atoms with E-state index in [1.165, 1.54) is 25.9 Å². The zero-order chi connectivity index (χ0) is 18.2. The summed E-state index contributed by atoms with van der Waals surface area (Å²) in [6.07, 6.45) is 9.75. The highest BCUT2D eigenvalue weighted by Gasteiger charge is 2.58. The van der Waals surface area contributed by atoms with Gasteiger partial charge in [-0.1, -0.05) is 12.8 Å². The van der Waals surface area contributed by atoms with Crippen LogP contribution in [0.15, 0.2) is 0 Å². The van der Waals surface area contributed by atoms with Gasteiger partial charge in [0.2, 0.25) is 15.9 Å². The van der Waals surface area contributed by atoms with Crippen LogP contribution in [0.25, 0.3) is 0 Å². The van der Waals surface area contributed by atoms with E-state index in [0.717, 1.165) is 51.5 Å². The predicted molar refractivity (Wildman–Crippen MR) is 101 cm³/mol. The van der Waals surface area contributed by atoms with Crippen molar-refractivity contribution in [2.45, 2.75) is 76.3 Å². The third-order valence-corrected chi connectivity index (χ3v) is 8.83. The first-order chi connectivity index (χ1) is 12.5. The van der Waals surface area contributed by atoms with E-state index in [0.29, 0.717) is 13.0 Å². The highest BCUT2D eigenvalue weighted by Crippen LogP contribution is 2.50. The molecule has 4 aliphatic rings. The van der Waals surface area contributed by atoms with E-state index in [2.05, 4.69) is 10.2 Å². The van der Waals surface area contributed by atoms with Crippen LogP contribution in [0.5, 0.6) is 0 Å². The van der Waals surface area contributed by atoms with Crippen molar-refractivity contribution in [2.24, 2.45) is 5.41 Å². The Morgan fingerprint density at radius 3 is 2.54 bits per heavy atom. The number of nitrogens with one attached hydrogen (secondary N) is 1. The maximum absolute atomic E-state index is 13.2. The Labute approximate surface area is 157 Å². The highest BCUT2D eigenvalue weighted by atomic mass is 32.2. The number of nitrogens with zero attached hydrogens (tertiary/aromatic N) is 2. The summed E-state index contributed by atoms with van der Waals surface area (Å²) < 4.78 is 27.1. The molecule has 4 rings (SSSR count). The Balaban J connectivity index is 1.41. The Morgan fingerprint density at radius 2 is 1.81 bits per heavy atom. The molecule has 1 amide bonds. The largest absolute Gasteiger partial charge is 0.356 e. The minimum Gasteiger partial charge on any atom is -0.356 e. The molecule has 0 spiro atoms. The molecule has 6 nitrogen and oxygen atoms in total. The quantitative estimate of drug-likeness (QED) is 0.709. The number of likely N-dealkylation sites (tertiary alicyclic amines) is 1. The second kappa shape index (κ2) is 7.40. The first-order valence-electron chi connectivity index (χ1n) is 10.5. The molecular weight excluding hydrogens is 350 g/mol. The Bertz CT molecular complexity index is 628. The lowest BCUT2D eigenvalue weighted by atomic mass is 9.67. The number of fused-ring (bicyclic) bond motifs is 1. The second-order valence-electron chi connectivity index (χ2n) is 8.70. The lowest BCUT2D eigenvalue weighted by Crippen LogP contribution is -2.63. The number of hydrogen-bond donors (Lipinski definition) is 1. The second-order valence-corrected chi connectivity index (χ2v) is 10.7. The van der Waals surface area contributed by atoms with Gasteiger partial charge in [-0.15, -0.1) is 0 Å². The molecule has 2 aliphatic heterocycles. The smallest absolute Gasteiger partial charge is 0.227 e. The van der Waals surface area contributed by atoms with E-state index in [4.69, 9.17) is 0 Å². The number of carbonyl (C=O) groups excluding carboxylic acids is 1. The Hall–Kier alpha value is -0.660. The molecule has 0 aromatic rings. The summed E-state index contributed by atoms with van der Waals surface area (Å²) >= 11 is 0. The minimum atomic E-state index is -3.19. The molecule has 2 saturated heterocycles. The standard InChI is InChI=1S/C19H33N3O3S/c23-18(20-11-5-14-21-12-3-4-13-21)19-9-2-1-6-17(19)22(16-7-8-16)26(24,25)15-10-19/h16-17H,1-15H2,(H,20,23)/t17-,19-/m1/s1. The van der Waals surface area contributed by atoms with Gasteiger partial charge in [-0.05, 0) is 71.0 Å². The summed E-state index contributed by atoms with van der Waals surface area (Å²) in [6.45, 7) is 4.14. The highest BCUT2D eigenvalue weighted by molar-refractivity contribution is 7.89. The summed E-state index contributed by atoms with van der Waals surface area (Å²) in [4.78, 5) is 15.7. The van der Waals surface area contributed by atoms with Gasteiger partial charge in [0, 0.05) is 18.6 Å². The van der Waals surface area contributed by atoms with Crippen molar-refractivity contribution in [3.63, 3.8) is 0 Å². The van der Waals surface area contributed by atoms with Crippen LogP contribution in [0.1, 0.15) is 64.2 Å². The summed E-state index contributed by atoms with van der Waals surface area (Å²) in [5.41, 5.74) is -0.486. The van der Waals surface area contributed by atoms with Crippen molar-refractivity contribution in [2.75, 3.05) is 31.9 Å². The van der Waals surface area contributed by atoms with Crippen molar-refractivity contribution in [3.8, 4) is 0 Å². The molecule has 148 valence electrons. The minimum absolute atomic E-state index is 0.110. The van der Waals surface area contributed by atoms with E-state index in [1.807, 2.05) is 0 Å². The first-order valence-corrected chi connectivity index (χ1v) is 12.2. The van der Waals surface area contributed by atoms with Gasteiger partial charge in [0.05, 0.1) is 11.2 Å². The molecule has 0 bridgehead atoms. The molecule has 2 heterocycles. The van der Waals surface area contributed by atoms with Gasteiger partial charge in [-0.25, -0.2) is 8.42 Å². The molecule has 2 atom stereocenters. The van der Waals surface area contributed by atoms with Crippen LogP contribution in [0, 0.1) is 5.41 Å². The van der Waals surface area contributed by atoms with Crippen molar-refractivity contribution < 1.29 is 13.2 Å². The molecule has 2 saturated carbocycles. The molecule has 0 aromatic carbocycles. The van der Waals surface area contributed by atoms with E-state index in [1.54, 1.807) is 4.31 Å². The van der Waals surface area contributed by atoms with Crippen LogP contribution in [0.3, 0.4) is 0 Å². The van der Waals surface area contributed by atoms with E-state index in [-0.39, 0.29) is 23.7 Å². The van der Waals surface area contributed by atoms with Crippen molar-refractivity contribution in [1.82, 2.24) is 14.5 Å². The SMILES string of the molecule is O=C(NCCCN1CCCC1)[C@@]12CCCC[C@H]1N(C1CC1)S(=O)(=O)CC2. The molecule has 1 N–H and O–H groups in total. The van der Waals surface area contributed by atoms with Gasteiger partial charge < -0.3 is 10.2 Å². The number of carbonyl (C=O) groups is 1. The summed E-state index contributed by atoms with van der Waals surface area (Å²) in [6, 6.07) is 0.0480. The topological polar surface area (TPSA) is 69.7 Å². The molecule has 0 aromatic heterocycles. The van der Waals surface area contributed by atoms with E-state index < -0.39 is 15.4 Å². The Kier molecular flexibility index (Phi) is 5.32. The Morgan fingerprint density at radius 1 is 1.04 bits per heavy atom. The van der Waals surface area contributed by atoms with Crippen molar-refractivity contribution >= 4 is 15.9 Å². The third-order valence-electron chi connectivity index (χ3n) is 6.92. The van der Waals surface area contributed by atoms with Crippen LogP contribution in [0.2, 0.25) is 0 Å². The number of rotatable bonds is 6. The molecule has 0 radical (unpaired) electrons. The average molecular weight is 384 g/mol. The lowest BCUT2D eigenvalue weighted by Gasteiger charge is -2.51. The normalized spacial score (nSPS) is 35.2. The molecule has 2 aliphatic carbocycles. The maximum atomic E-state index is 13.2. The number of hydrogen-bond acceptors (Lipinski definition) is 4. The summed E-state index contributed by atoms with van der Waals surface area (Å²) in [7, 11) is -3.19. The fraction of sp³-hybridized carbons (Fsp3) is 0.947. The van der Waals surface area contributed by atoms with Crippen LogP contribution in [0.4, 0.5) is 0 Å². The molecular formula is C19H33N3O3S. The van der Waals surface area contributed by atoms with Gasteiger partial charge in [-0.3, -0.25) is 4.79 Å². The monoisotopic (exact) mass is 383 g/mol. The predicted octanol–water partition coefficient (Wildman–Crippen LogP) is 1.72. The van der Waals surface area contributed by atoms with E-state index in [9.17, 15) is 13.2 Å². The number of amides is 1. The zero-order valence-electron chi connectivity index (χ0n) is 15.8. The van der Waals surface area contributed by atoms with Crippen LogP contribution >= 0.6 is 0 Å². The van der Waals surface area contributed by atoms with Crippen LogP contribution in [-0.4, -0.2) is 67.5 Å². The number of sulfonamides is 1. The molecule has 26 heavy (non-hydrogen) atoms. The zero-order valence-corrected chi connectivity index (χ0v) is 16.6. The van der Waals surface area contributed by atoms with Gasteiger partial charge in [-0.2, -0.15) is 4.31 Å². The van der Waals surface area contributed by atoms with Gasteiger partial charge in [0.15, 0.2) is 0 Å². The van der Waals surface area contributed by atoms with Gasteiger partial charge in [0.1, 0.15) is 0 Å². The molecule has 7 heteroatoms. The summed E-state index contributed by atoms with van der Waals surface area (Å²) in [5, 5.41) is 3.19. The van der Waals surface area contributed by atoms with Crippen LogP contribution < -0.4 is 5.32 Å². The first kappa shape index (κ1) is 18.7. The van der Waals surface area contributed by atoms with Crippen molar-refractivity contribution in [1.29, 1.82) is 0 Å². The third kappa shape index (κ3) is 3.54.